The number of carbonyl (C=O) groups is 2. The summed E-state index contributed by atoms with van der Waals surface area (Å²) >= 11 is 1.58. The summed E-state index contributed by atoms with van der Waals surface area (Å²) in [4.78, 5) is 46.2. The molecule has 0 saturated carbocycles. The number of para-hydroxylation sites is 1. The maximum absolute atomic E-state index is 12.5. The van der Waals surface area contributed by atoms with E-state index in [-0.39, 0.29) is 30.3 Å². The van der Waals surface area contributed by atoms with Crippen molar-refractivity contribution < 1.29 is 9.59 Å². The van der Waals surface area contributed by atoms with Gasteiger partial charge in [-0.1, -0.05) is 18.2 Å². The standard InChI is InChI=1S/C22H24N4O3S/c1-12-5-3-6-13(2)20(12)26-18(28)11-23-17(27)10-9-16-24-21(29)19-14-7-4-8-15(14)30-22(19)25-16/h3,5-6H,4,7-11H2,1-2H3,(H,23,27)(H,26,28)(H,24,25,29). The van der Waals surface area contributed by atoms with E-state index >= 15 is 0 Å². The number of thiophene rings is 1. The van der Waals surface area contributed by atoms with Crippen molar-refractivity contribution in [1.29, 1.82) is 0 Å². The maximum atomic E-state index is 12.5. The Hall–Kier alpha value is -3.00. The fraction of sp³-hybridized carbons (Fsp3) is 0.364. The molecule has 0 spiro atoms. The fourth-order valence-electron chi connectivity index (χ4n) is 3.86. The number of hydrogen-bond donors (Lipinski definition) is 3. The lowest BCUT2D eigenvalue weighted by atomic mass is 10.1. The van der Waals surface area contributed by atoms with Gasteiger partial charge in [0.2, 0.25) is 11.8 Å². The molecule has 7 nitrogen and oxygen atoms in total. The lowest BCUT2D eigenvalue weighted by molar-refractivity contribution is -0.124. The minimum Gasteiger partial charge on any atom is -0.347 e. The van der Waals surface area contributed by atoms with E-state index in [1.807, 2.05) is 32.0 Å². The van der Waals surface area contributed by atoms with E-state index in [1.165, 1.54) is 4.88 Å². The summed E-state index contributed by atoms with van der Waals surface area (Å²) in [6, 6.07) is 5.78. The zero-order chi connectivity index (χ0) is 21.3. The molecule has 3 aromatic rings. The van der Waals surface area contributed by atoms with E-state index in [9.17, 15) is 14.4 Å². The van der Waals surface area contributed by atoms with E-state index in [0.29, 0.717) is 17.6 Å². The van der Waals surface area contributed by atoms with Crippen molar-refractivity contribution in [2.24, 2.45) is 0 Å². The van der Waals surface area contributed by atoms with Crippen LogP contribution in [0.1, 0.15) is 40.2 Å². The second kappa shape index (κ2) is 8.39. The van der Waals surface area contributed by atoms with Crippen LogP contribution < -0.4 is 16.2 Å². The van der Waals surface area contributed by atoms with Crippen molar-refractivity contribution in [2.75, 3.05) is 11.9 Å². The van der Waals surface area contributed by atoms with Gasteiger partial charge in [-0.3, -0.25) is 14.4 Å². The Morgan fingerprint density at radius 3 is 2.70 bits per heavy atom. The molecule has 0 atom stereocenters. The molecule has 30 heavy (non-hydrogen) atoms. The third-order valence-electron chi connectivity index (χ3n) is 5.40. The van der Waals surface area contributed by atoms with Crippen LogP contribution in [0.25, 0.3) is 10.2 Å². The Balaban J connectivity index is 1.32. The zero-order valence-electron chi connectivity index (χ0n) is 17.1. The molecule has 1 aromatic carbocycles. The molecule has 0 saturated heterocycles. The highest BCUT2D eigenvalue weighted by Crippen LogP contribution is 2.34. The largest absolute Gasteiger partial charge is 0.347 e. The van der Waals surface area contributed by atoms with Gasteiger partial charge in [0.15, 0.2) is 0 Å². The number of carbonyl (C=O) groups excluding carboxylic acids is 2. The molecule has 1 aliphatic carbocycles. The number of aryl methyl sites for hydroxylation is 5. The molecular weight excluding hydrogens is 400 g/mol. The van der Waals surface area contributed by atoms with Crippen LogP contribution in [0.2, 0.25) is 0 Å². The number of nitrogens with one attached hydrogen (secondary N) is 3. The number of H-pyrrole nitrogens is 1. The van der Waals surface area contributed by atoms with Crippen LogP contribution in [0.3, 0.4) is 0 Å². The smallest absolute Gasteiger partial charge is 0.259 e. The Labute approximate surface area is 177 Å². The molecule has 1 aliphatic rings. The van der Waals surface area contributed by atoms with Crippen molar-refractivity contribution in [3.8, 4) is 0 Å². The fourth-order valence-corrected chi connectivity index (χ4v) is 5.14. The lowest BCUT2D eigenvalue weighted by Gasteiger charge is -2.12. The summed E-state index contributed by atoms with van der Waals surface area (Å²) in [6.45, 7) is 3.75. The number of aromatic nitrogens is 2. The van der Waals surface area contributed by atoms with Gasteiger partial charge in [-0.25, -0.2) is 4.98 Å². The molecule has 0 unspecified atom stereocenters. The molecule has 156 valence electrons. The summed E-state index contributed by atoms with van der Waals surface area (Å²) in [5, 5.41) is 6.18. The number of amides is 2. The monoisotopic (exact) mass is 424 g/mol. The number of rotatable bonds is 6. The normalized spacial score (nSPS) is 12.7. The van der Waals surface area contributed by atoms with Crippen molar-refractivity contribution in [1.82, 2.24) is 15.3 Å². The first kappa shape index (κ1) is 20.3. The molecule has 0 bridgehead atoms. The molecule has 2 amide bonds. The van der Waals surface area contributed by atoms with E-state index in [4.69, 9.17) is 0 Å². The highest BCUT2D eigenvalue weighted by atomic mass is 32.1. The molecule has 0 fully saturated rings. The van der Waals surface area contributed by atoms with Gasteiger partial charge in [0.1, 0.15) is 10.7 Å². The first-order chi connectivity index (χ1) is 14.4. The van der Waals surface area contributed by atoms with Gasteiger partial charge in [-0.05, 0) is 49.8 Å². The van der Waals surface area contributed by atoms with Crippen LogP contribution in [-0.4, -0.2) is 28.3 Å². The van der Waals surface area contributed by atoms with Gasteiger partial charge in [-0.2, -0.15) is 0 Å². The first-order valence-corrected chi connectivity index (χ1v) is 10.9. The number of hydrogen-bond acceptors (Lipinski definition) is 5. The molecular formula is C22H24N4O3S. The number of fused-ring (bicyclic) bond motifs is 3. The van der Waals surface area contributed by atoms with Gasteiger partial charge in [-0.15, -0.1) is 11.3 Å². The number of aromatic amines is 1. The Bertz CT molecular complexity index is 1170. The maximum Gasteiger partial charge on any atom is 0.259 e. The molecule has 2 heterocycles. The summed E-state index contributed by atoms with van der Waals surface area (Å²) in [5.74, 6) is -0.0348. The molecule has 0 radical (unpaired) electrons. The Kier molecular flexibility index (Phi) is 5.67. The quantitative estimate of drug-likeness (QED) is 0.566. The van der Waals surface area contributed by atoms with Gasteiger partial charge in [0.25, 0.3) is 5.56 Å². The van der Waals surface area contributed by atoms with Crippen molar-refractivity contribution in [2.45, 2.75) is 46.0 Å². The average Bonchev–Trinajstić information content (AvgIpc) is 3.28. The Morgan fingerprint density at radius 2 is 1.93 bits per heavy atom. The van der Waals surface area contributed by atoms with Gasteiger partial charge >= 0.3 is 0 Å². The van der Waals surface area contributed by atoms with Crippen molar-refractivity contribution in [3.63, 3.8) is 0 Å². The third-order valence-corrected chi connectivity index (χ3v) is 6.59. The topological polar surface area (TPSA) is 104 Å². The number of benzene rings is 1. The molecule has 4 rings (SSSR count). The predicted molar refractivity (Wildman–Crippen MR) is 118 cm³/mol. The SMILES string of the molecule is Cc1cccc(C)c1NC(=O)CNC(=O)CCc1nc2sc3c(c2c(=O)[nH]1)CCC3. The predicted octanol–water partition coefficient (Wildman–Crippen LogP) is 2.78. The molecule has 3 N–H and O–H groups in total. The van der Waals surface area contributed by atoms with Gasteiger partial charge < -0.3 is 15.6 Å². The highest BCUT2D eigenvalue weighted by Gasteiger charge is 2.21. The van der Waals surface area contributed by atoms with Crippen molar-refractivity contribution >= 4 is 39.1 Å². The molecule has 2 aromatic heterocycles. The van der Waals surface area contributed by atoms with E-state index in [1.54, 1.807) is 11.3 Å². The second-order valence-corrected chi connectivity index (χ2v) is 8.73. The zero-order valence-corrected chi connectivity index (χ0v) is 17.9. The summed E-state index contributed by atoms with van der Waals surface area (Å²) < 4.78 is 0. The number of anilines is 1. The van der Waals surface area contributed by atoms with Crippen LogP contribution in [0.15, 0.2) is 23.0 Å². The summed E-state index contributed by atoms with van der Waals surface area (Å²) in [5.41, 5.74) is 3.74. The van der Waals surface area contributed by atoms with Crippen LogP contribution in [-0.2, 0) is 28.9 Å². The number of nitrogens with zero attached hydrogens (tertiary/aromatic N) is 1. The summed E-state index contributed by atoms with van der Waals surface area (Å²) in [6.07, 6.45) is 3.51. The van der Waals surface area contributed by atoms with Gasteiger partial charge in [0.05, 0.1) is 11.9 Å². The minimum absolute atomic E-state index is 0.104. The van der Waals surface area contributed by atoms with E-state index in [0.717, 1.165) is 46.5 Å². The third kappa shape index (κ3) is 4.14. The summed E-state index contributed by atoms with van der Waals surface area (Å²) in [7, 11) is 0. The van der Waals surface area contributed by atoms with Crippen LogP contribution in [0.5, 0.6) is 0 Å². The van der Waals surface area contributed by atoms with Crippen molar-refractivity contribution in [3.05, 3.63) is 55.9 Å². The van der Waals surface area contributed by atoms with Crippen LogP contribution in [0.4, 0.5) is 5.69 Å². The highest BCUT2D eigenvalue weighted by molar-refractivity contribution is 7.18. The Morgan fingerprint density at radius 1 is 1.17 bits per heavy atom. The second-order valence-electron chi connectivity index (χ2n) is 7.64. The average molecular weight is 425 g/mol. The van der Waals surface area contributed by atoms with E-state index in [2.05, 4.69) is 20.6 Å². The van der Waals surface area contributed by atoms with Gasteiger partial charge in [0, 0.05) is 23.4 Å². The lowest BCUT2D eigenvalue weighted by Crippen LogP contribution is -2.33. The first-order valence-electron chi connectivity index (χ1n) is 10.1. The molecule has 8 heteroatoms. The van der Waals surface area contributed by atoms with Crippen LogP contribution >= 0.6 is 11.3 Å². The minimum atomic E-state index is -0.276. The van der Waals surface area contributed by atoms with Crippen LogP contribution in [0, 0.1) is 13.8 Å². The van der Waals surface area contributed by atoms with E-state index < -0.39 is 0 Å². The molecule has 0 aliphatic heterocycles.